The number of nitrogen functional groups attached to an aromatic ring is 1. The maximum atomic E-state index is 12.6. The van der Waals surface area contributed by atoms with E-state index in [1.807, 2.05) is 0 Å². The van der Waals surface area contributed by atoms with E-state index in [-0.39, 0.29) is 33.9 Å². The molecule has 1 aromatic rings. The number of hydrogen-bond acceptors (Lipinski definition) is 9. The lowest BCUT2D eigenvalue weighted by atomic mass is 9.77. The van der Waals surface area contributed by atoms with Crippen LogP contribution in [0.1, 0.15) is 66.5 Å². The molecular weight excluding hydrogens is 545 g/mol. The molecule has 3 unspecified atom stereocenters. The molecule has 0 amide bonds. The average molecular weight is 588 g/mol. The second-order valence-electron chi connectivity index (χ2n) is 12.4. The quantitative estimate of drug-likeness (QED) is 0.234. The van der Waals surface area contributed by atoms with Gasteiger partial charge in [-0.05, 0) is 75.0 Å². The van der Waals surface area contributed by atoms with Gasteiger partial charge < -0.3 is 23.9 Å². The maximum absolute atomic E-state index is 12.6. The van der Waals surface area contributed by atoms with Gasteiger partial charge in [-0.25, -0.2) is 4.79 Å². The Morgan fingerprint density at radius 1 is 1.43 bits per heavy atom. The summed E-state index contributed by atoms with van der Waals surface area (Å²) < 4.78 is 27.6. The molecule has 1 aromatic heterocycles. The van der Waals surface area contributed by atoms with Crippen molar-refractivity contribution < 1.29 is 18.2 Å². The topological polar surface area (TPSA) is 97.8 Å². The molecule has 1 saturated carbocycles. The number of fused-ring (bicyclic) bond motifs is 1. The second-order valence-corrected chi connectivity index (χ2v) is 23.8. The summed E-state index contributed by atoms with van der Waals surface area (Å²) in [5, 5.41) is 0.0555. The Kier molecular flexibility index (Phi) is 8.33. The third kappa shape index (κ3) is 6.29. The molecule has 8 nitrogen and oxygen atoms in total. The van der Waals surface area contributed by atoms with Crippen molar-refractivity contribution in [3.05, 3.63) is 34.9 Å². The number of rotatable bonds is 7. The van der Waals surface area contributed by atoms with Gasteiger partial charge >= 0.3 is 5.69 Å². The number of ether oxygens (including phenoxy) is 1. The lowest BCUT2D eigenvalue weighted by Crippen LogP contribution is -2.44. The van der Waals surface area contributed by atoms with Crippen molar-refractivity contribution in [2.45, 2.75) is 108 Å². The number of allylic oxidation sites excluding steroid dienone is 1. The number of nitrogens with zero attached hydrogens (tertiary/aromatic N) is 2. The first-order valence-electron chi connectivity index (χ1n) is 13.0. The standard InChI is InChI=1S/C25H42N3O5PS2Si/c1-16(2)17-9-11-25(6)20(13-17)33-34(35,36-25)32-18-14-22(28-12-10-21(26)27-23(28)29)31-19(18)15-30-37(7,8)24(3,4)5/h10,12,17-20,22H,1,9,11,13-15H2,2-8H3,(H2,26,27,29)/t17-,18?,19?,20+,22?,25+,34-/m1/s1. The maximum Gasteiger partial charge on any atom is 0.351 e. The molecule has 3 aliphatic rings. The first-order valence-corrected chi connectivity index (χ1v) is 20.0. The lowest BCUT2D eigenvalue weighted by molar-refractivity contribution is -0.0399. The summed E-state index contributed by atoms with van der Waals surface area (Å²) in [4.78, 5) is 16.4. The monoisotopic (exact) mass is 587 g/mol. The average Bonchev–Trinajstić information content (AvgIpc) is 3.27. The fourth-order valence-electron chi connectivity index (χ4n) is 4.88. The summed E-state index contributed by atoms with van der Waals surface area (Å²) in [6.07, 6.45) is 3.87. The molecule has 7 atom stereocenters. The van der Waals surface area contributed by atoms with Crippen molar-refractivity contribution in [1.82, 2.24) is 9.55 Å². The van der Waals surface area contributed by atoms with Crippen LogP contribution >= 0.6 is 17.1 Å². The molecule has 2 N–H and O–H groups in total. The van der Waals surface area contributed by atoms with Crippen molar-refractivity contribution in [2.75, 3.05) is 12.3 Å². The van der Waals surface area contributed by atoms with Crippen molar-refractivity contribution in [3.63, 3.8) is 0 Å². The van der Waals surface area contributed by atoms with Gasteiger partial charge in [0.25, 0.3) is 0 Å². The SMILES string of the molecule is C=C(C)[C@@H]1CC[C@]2(C)S[P@](=S)(OC3CC(n4ccc(N)nc4=O)OC3CO[Si](C)(C)C(C)(C)C)O[C@H]2C1. The molecule has 3 fully saturated rings. The van der Waals surface area contributed by atoms with E-state index in [1.54, 1.807) is 23.6 Å². The highest BCUT2D eigenvalue weighted by Gasteiger charge is 2.55. The highest BCUT2D eigenvalue weighted by Crippen LogP contribution is 2.76. The molecule has 12 heteroatoms. The normalized spacial score (nSPS) is 36.5. The van der Waals surface area contributed by atoms with Crippen LogP contribution in [0.25, 0.3) is 0 Å². The minimum Gasteiger partial charge on any atom is -0.414 e. The van der Waals surface area contributed by atoms with Crippen LogP contribution in [0, 0.1) is 5.92 Å². The molecule has 0 radical (unpaired) electrons. The molecule has 2 aliphatic heterocycles. The van der Waals surface area contributed by atoms with E-state index in [2.05, 4.69) is 59.3 Å². The Morgan fingerprint density at radius 3 is 2.76 bits per heavy atom. The first kappa shape index (κ1) is 29.5. The van der Waals surface area contributed by atoms with Gasteiger partial charge in [-0.15, -0.1) is 0 Å². The molecule has 208 valence electrons. The van der Waals surface area contributed by atoms with Crippen LogP contribution < -0.4 is 11.4 Å². The van der Waals surface area contributed by atoms with E-state index in [9.17, 15) is 4.79 Å². The van der Waals surface area contributed by atoms with Crippen LogP contribution in [0.3, 0.4) is 0 Å². The van der Waals surface area contributed by atoms with Gasteiger partial charge in [0.1, 0.15) is 18.1 Å². The number of aromatic nitrogens is 2. The highest BCUT2D eigenvalue weighted by molar-refractivity contribution is 8.68. The van der Waals surface area contributed by atoms with Gasteiger partial charge in [-0.3, -0.25) is 4.57 Å². The predicted octanol–water partition coefficient (Wildman–Crippen LogP) is 6.01. The zero-order valence-electron chi connectivity index (χ0n) is 23.1. The van der Waals surface area contributed by atoms with Crippen LogP contribution in [0.15, 0.2) is 29.2 Å². The van der Waals surface area contributed by atoms with Crippen LogP contribution in [0.4, 0.5) is 5.82 Å². The summed E-state index contributed by atoms with van der Waals surface area (Å²) in [5.41, 5.74) is 3.81. The molecule has 1 aliphatic carbocycles. The Balaban J connectivity index is 1.54. The predicted molar refractivity (Wildman–Crippen MR) is 157 cm³/mol. The summed E-state index contributed by atoms with van der Waals surface area (Å²) in [7, 11) is -2.04. The largest absolute Gasteiger partial charge is 0.414 e. The molecule has 3 heterocycles. The first-order chi connectivity index (χ1) is 17.0. The third-order valence-corrected chi connectivity index (χ3v) is 18.7. The highest BCUT2D eigenvalue weighted by atomic mass is 32.9. The van der Waals surface area contributed by atoms with Gasteiger partial charge in [-0.1, -0.05) is 44.3 Å². The lowest BCUT2D eigenvalue weighted by Gasteiger charge is -2.37. The van der Waals surface area contributed by atoms with E-state index in [1.165, 1.54) is 10.1 Å². The summed E-state index contributed by atoms with van der Waals surface area (Å²) in [6.45, 7) is 19.9. The molecule has 4 rings (SSSR count). The van der Waals surface area contributed by atoms with Gasteiger partial charge in [0.05, 0.1) is 18.8 Å². The van der Waals surface area contributed by atoms with E-state index in [0.29, 0.717) is 18.9 Å². The molecule has 2 saturated heterocycles. The molecule has 0 aromatic carbocycles. The molecule has 0 spiro atoms. The Bertz CT molecular complexity index is 1140. The summed E-state index contributed by atoms with van der Waals surface area (Å²) in [5.74, 6) is 0.634. The summed E-state index contributed by atoms with van der Waals surface area (Å²) in [6, 6.07) is 1.60. The molecule has 37 heavy (non-hydrogen) atoms. The van der Waals surface area contributed by atoms with E-state index in [4.69, 9.17) is 35.8 Å². The second kappa shape index (κ2) is 10.5. The van der Waals surface area contributed by atoms with E-state index >= 15 is 0 Å². The molecule has 0 bridgehead atoms. The van der Waals surface area contributed by atoms with Crippen molar-refractivity contribution in [1.29, 1.82) is 0 Å². The minimum absolute atomic E-state index is 0.0442. The van der Waals surface area contributed by atoms with E-state index < -0.39 is 25.9 Å². The number of anilines is 1. The van der Waals surface area contributed by atoms with Crippen LogP contribution in [-0.4, -0.2) is 47.5 Å². The Morgan fingerprint density at radius 2 is 2.14 bits per heavy atom. The smallest absolute Gasteiger partial charge is 0.351 e. The van der Waals surface area contributed by atoms with Crippen LogP contribution in [0.5, 0.6) is 0 Å². The van der Waals surface area contributed by atoms with Crippen molar-refractivity contribution in [3.8, 4) is 0 Å². The minimum atomic E-state index is -2.65. The van der Waals surface area contributed by atoms with E-state index in [0.717, 1.165) is 19.3 Å². The van der Waals surface area contributed by atoms with Gasteiger partial charge in [0.2, 0.25) is 5.69 Å². The van der Waals surface area contributed by atoms with Crippen LogP contribution in [0.2, 0.25) is 18.1 Å². The van der Waals surface area contributed by atoms with Crippen molar-refractivity contribution >= 4 is 43.0 Å². The fraction of sp³-hybridized carbons (Fsp3) is 0.760. The van der Waals surface area contributed by atoms with Crippen LogP contribution in [-0.2, 0) is 30.0 Å². The van der Waals surface area contributed by atoms with Crippen molar-refractivity contribution in [2.24, 2.45) is 5.92 Å². The van der Waals surface area contributed by atoms with Gasteiger partial charge in [0.15, 0.2) is 8.32 Å². The third-order valence-electron chi connectivity index (χ3n) is 8.46. The zero-order valence-corrected chi connectivity index (χ0v) is 26.6. The zero-order chi connectivity index (χ0) is 27.4. The van der Waals surface area contributed by atoms with Gasteiger partial charge in [0, 0.05) is 17.4 Å². The molecular formula is C25H42N3O5PS2Si. The number of hydrogen-bond donors (Lipinski definition) is 1. The Labute approximate surface area is 231 Å². The summed E-state index contributed by atoms with van der Waals surface area (Å²) >= 11 is 7.78. The Hall–Kier alpha value is -0.523. The van der Waals surface area contributed by atoms with Gasteiger partial charge in [-0.2, -0.15) is 4.98 Å². The fourth-order valence-corrected chi connectivity index (χ4v) is 13.5. The number of nitrogens with two attached hydrogens (primary N) is 1.